The van der Waals surface area contributed by atoms with Crippen LogP contribution < -0.4 is 0 Å². The highest BCUT2D eigenvalue weighted by Gasteiger charge is 2.76. The first-order valence-corrected chi connectivity index (χ1v) is 43.1. The van der Waals surface area contributed by atoms with Crippen molar-refractivity contribution in [1.29, 1.82) is 0 Å². The molecule has 476 valence electrons. The van der Waals surface area contributed by atoms with E-state index in [2.05, 4.69) is 142 Å². The fourth-order valence-electron chi connectivity index (χ4n) is 30.1. The molecule has 1 nitrogen and oxygen atoms in total. The van der Waals surface area contributed by atoms with E-state index in [0.29, 0.717) is 0 Å². The third kappa shape index (κ3) is 3.77. The van der Waals surface area contributed by atoms with E-state index in [1.807, 2.05) is 0 Å². The molecule has 2 spiro atoms. The van der Waals surface area contributed by atoms with E-state index in [9.17, 15) is 0 Å². The molecule has 107 heavy (non-hydrogen) atoms. The summed E-state index contributed by atoms with van der Waals surface area (Å²) in [6.45, 7) is 12.3. The fourth-order valence-corrected chi connectivity index (χ4v) is 35.1. The van der Waals surface area contributed by atoms with Crippen molar-refractivity contribution in [3.05, 3.63) is 130 Å². The molecule has 38 rings (SSSR count). The van der Waals surface area contributed by atoms with Crippen LogP contribution in [0.1, 0.15) is 134 Å². The predicted octanol–water partition coefficient (Wildman–Crippen LogP) is 26.7. The quantitative estimate of drug-likeness (QED) is 0.118. The first-order valence-electron chi connectivity index (χ1n) is 39.0. The third-order valence-electron chi connectivity index (χ3n) is 32.2. The van der Waals surface area contributed by atoms with E-state index in [4.69, 9.17) is 0 Å². The second-order valence-corrected chi connectivity index (χ2v) is 40.1. The Hall–Kier alpha value is -10.8. The van der Waals surface area contributed by atoms with E-state index in [0.717, 1.165) is 72.8 Å². The van der Waals surface area contributed by atoms with Gasteiger partial charge in [0.15, 0.2) is 0 Å². The van der Waals surface area contributed by atoms with Gasteiger partial charge in [-0.15, -0.1) is 56.7 Å². The molecular weight excluding hydrogens is 1390 g/mol. The second kappa shape index (κ2) is 13.7. The minimum Gasteiger partial charge on any atom is -0.296 e. The highest BCUT2D eigenvalue weighted by molar-refractivity contribution is 7.15. The van der Waals surface area contributed by atoms with E-state index in [1.165, 1.54) is 36.9 Å². The minimum absolute atomic E-state index is 0.0737. The lowest BCUT2D eigenvalue weighted by Crippen LogP contribution is -2.51. The number of thiophene rings is 5. The van der Waals surface area contributed by atoms with Gasteiger partial charge >= 0.3 is 0 Å². The lowest BCUT2D eigenvalue weighted by atomic mass is 9.48. The van der Waals surface area contributed by atoms with E-state index < -0.39 is 5.41 Å². The van der Waals surface area contributed by atoms with Crippen molar-refractivity contribution >= 4 is 348 Å². The average Bonchev–Trinajstić information content (AvgIpc) is 1.38. The summed E-state index contributed by atoms with van der Waals surface area (Å²) in [6.07, 6.45) is 4.75. The van der Waals surface area contributed by atoms with Crippen LogP contribution in [-0.2, 0) is 42.9 Å². The molecular formula is C101H37NS5. The summed E-state index contributed by atoms with van der Waals surface area (Å²) in [4.78, 5) is 14.8. The highest BCUT2D eigenvalue weighted by Crippen LogP contribution is 2.87. The smallest absolute Gasteiger partial charge is 0.0817 e. The van der Waals surface area contributed by atoms with Gasteiger partial charge in [0.2, 0.25) is 0 Å². The number of likely N-dealkylation sites (tertiary alicyclic amines) is 1. The zero-order valence-corrected chi connectivity index (χ0v) is 61.9. The maximum atomic E-state index is 4.02. The SMILES string of the molecule is CCc1ccc(C#Cc2sc(C#Cc3sc(C#Cc4sc(C#Cc5sc(C6N(C)CC78c9c%10c%11c%12c%13c%14c(c%15c%16c7c7c9c9c%17c%10c%10c%11c%11c%13c%13c%18c%14c%14c%15c%15c%16c%16c7c7c9c9c%17c%17c%10c%10c%11c%13c%11c%13c%18c%14c%14c%15c%15c%16c7c7c9c9c%17c%10c%11c%10c%13c%14c%15c7c9%10)C%1268)cc5CC)cc4CC)cc3CC)cc2CC)s1. The molecule has 1 fully saturated rings. The Morgan fingerprint density at radius 1 is 0.271 bits per heavy atom. The Labute approximate surface area is 621 Å². The van der Waals surface area contributed by atoms with Gasteiger partial charge in [-0.25, -0.2) is 0 Å². The molecule has 1 aliphatic heterocycles. The molecule has 6 heteroatoms. The van der Waals surface area contributed by atoms with Gasteiger partial charge in [-0.3, -0.25) is 4.90 Å². The van der Waals surface area contributed by atoms with Crippen molar-refractivity contribution in [3.63, 3.8) is 0 Å². The number of hydrogen-bond acceptors (Lipinski definition) is 6. The van der Waals surface area contributed by atoms with Gasteiger partial charge in [0.05, 0.1) is 55.9 Å². The number of benzene rings is 18. The molecule has 5 aromatic heterocycles. The molecule has 0 N–H and O–H groups in total. The topological polar surface area (TPSA) is 3.24 Å². The average molecular weight is 1420 g/mol. The molecule has 33 aromatic rings. The molecule has 1 saturated heterocycles. The standard InChI is InChI=1S/C101H37NS5/c1-7-27-22-33(104-36(27)18-14-32-13-12-31(11-5)103-32)15-19-37-28(8-2)23-34(105-37)16-20-38-29(9-3)24-35(106-38)17-21-39-30(10-4)25-40(107-39)99-101-97-91-85-75-63-55-47-43-41-42-45-49(47)57(63)67-61-53(45)54-46(42)50-48-44(41)52-51(43)59-65(55)73-79-69(59)70-60(52)66-56(48)64-58(50)68-62(54)72-71(61)83(77(67)85)93(97)94-84(72)78(68)86-76(64)82-74(66)80(70)88-87(79)95(89(91)81(73)75)100(101,26-102(99)6)96(88)90(82)92(86)98(94)101/h12-13,22-25,99H,7-11,26H2,1-6H3. The zero-order valence-electron chi connectivity index (χ0n) is 57.8. The van der Waals surface area contributed by atoms with E-state index in [-0.39, 0.29) is 11.5 Å². The van der Waals surface area contributed by atoms with Crippen LogP contribution in [0.15, 0.2) is 36.4 Å². The van der Waals surface area contributed by atoms with Gasteiger partial charge in [-0.2, -0.15) is 0 Å². The van der Waals surface area contributed by atoms with Crippen LogP contribution in [0.3, 0.4) is 0 Å². The van der Waals surface area contributed by atoms with Crippen molar-refractivity contribution in [1.82, 2.24) is 4.90 Å². The van der Waals surface area contributed by atoms with Crippen LogP contribution >= 0.6 is 56.7 Å². The summed E-state index contributed by atoms with van der Waals surface area (Å²) in [6, 6.07) is 14.0. The Balaban J connectivity index is 0.614. The summed E-state index contributed by atoms with van der Waals surface area (Å²) in [5, 5.41) is 89.5. The maximum absolute atomic E-state index is 4.02. The van der Waals surface area contributed by atoms with E-state index >= 15 is 0 Å². The summed E-state index contributed by atoms with van der Waals surface area (Å²) >= 11 is 9.09. The molecule has 0 bridgehead atoms. The van der Waals surface area contributed by atoms with Crippen LogP contribution in [0.4, 0.5) is 0 Å². The zero-order chi connectivity index (χ0) is 67.4. The largest absolute Gasteiger partial charge is 0.296 e. The van der Waals surface area contributed by atoms with Gasteiger partial charge in [0, 0.05) is 16.3 Å². The second-order valence-electron chi connectivity index (χ2n) is 34.7. The van der Waals surface area contributed by atoms with Crippen LogP contribution in [-0.4, -0.2) is 18.5 Å². The minimum atomic E-state index is -0.412. The molecule has 1 atom stereocenters. The Kier molecular flexibility index (Phi) is 6.38. The van der Waals surface area contributed by atoms with Gasteiger partial charge in [-0.1, -0.05) is 34.6 Å². The third-order valence-corrected chi connectivity index (χ3v) is 37.5. The molecule has 0 saturated carbocycles. The first kappa shape index (κ1) is 49.9. The Morgan fingerprint density at radius 3 is 0.776 bits per heavy atom. The molecule has 28 aromatic carbocycles. The summed E-state index contributed by atoms with van der Waals surface area (Å²) in [5.74, 6) is 29.4. The number of aryl methyl sites for hydroxylation is 5. The Morgan fingerprint density at radius 2 is 0.514 bits per heavy atom. The molecule has 0 radical (unpaired) electrons. The lowest BCUT2D eigenvalue weighted by molar-refractivity contribution is 0.276. The van der Waals surface area contributed by atoms with Crippen LogP contribution in [0, 0.1) is 47.4 Å². The predicted molar refractivity (Wildman–Crippen MR) is 462 cm³/mol. The van der Waals surface area contributed by atoms with Gasteiger partial charge in [0.1, 0.15) is 0 Å². The van der Waals surface area contributed by atoms with E-state index in [1.54, 1.807) is 358 Å². The van der Waals surface area contributed by atoms with Crippen LogP contribution in [0.2, 0.25) is 0 Å². The van der Waals surface area contributed by atoms with Crippen LogP contribution in [0.25, 0.3) is 291 Å². The lowest BCUT2D eigenvalue weighted by Gasteiger charge is -2.52. The van der Waals surface area contributed by atoms with Gasteiger partial charge < -0.3 is 0 Å². The number of likely N-dealkylation sites (N-methyl/N-ethyl adjacent to an activating group) is 1. The Bertz CT molecular complexity index is 9810. The van der Waals surface area contributed by atoms with Crippen molar-refractivity contribution in [2.75, 3.05) is 13.6 Å². The fraction of sp³-hybridized carbons (Fsp3) is 0.149. The summed E-state index contributed by atoms with van der Waals surface area (Å²) in [7, 11) is 2.61. The number of rotatable bonds is 6. The summed E-state index contributed by atoms with van der Waals surface area (Å²) in [5.41, 5.74) is 11.5. The summed E-state index contributed by atoms with van der Waals surface area (Å²) < 4.78 is 0. The van der Waals surface area contributed by atoms with Crippen molar-refractivity contribution in [3.8, 4) is 47.4 Å². The molecule has 1 unspecified atom stereocenters. The number of nitrogens with zero attached hydrogens (tertiary/aromatic N) is 1. The molecule has 5 aliphatic rings. The maximum Gasteiger partial charge on any atom is 0.0817 e. The highest BCUT2D eigenvalue weighted by atomic mass is 32.1. The first-order chi connectivity index (χ1) is 52.9. The van der Waals surface area contributed by atoms with Gasteiger partial charge in [-0.05, 0) is 458 Å². The van der Waals surface area contributed by atoms with Crippen molar-refractivity contribution in [2.24, 2.45) is 0 Å². The van der Waals surface area contributed by atoms with Crippen LogP contribution in [0.5, 0.6) is 0 Å². The number of hydrogen-bond donors (Lipinski definition) is 0. The molecule has 6 heterocycles. The normalized spacial score (nSPS) is 19.3. The molecule has 4 aliphatic carbocycles. The van der Waals surface area contributed by atoms with Crippen molar-refractivity contribution < 1.29 is 0 Å². The monoisotopic (exact) mass is 1420 g/mol. The molecule has 0 amide bonds. The van der Waals surface area contributed by atoms with Crippen molar-refractivity contribution in [2.45, 2.75) is 83.6 Å². The van der Waals surface area contributed by atoms with Gasteiger partial charge in [0.25, 0.3) is 0 Å².